The number of halogens is 2. The topological polar surface area (TPSA) is 76.9 Å². The number of carbonyl (C=O) groups is 1. The molecule has 1 amide bonds. The maximum atomic E-state index is 13.0. The second-order valence-corrected chi connectivity index (χ2v) is 8.61. The molecule has 1 N–H and O–H groups in total. The lowest BCUT2D eigenvalue weighted by Crippen LogP contribution is -2.25. The van der Waals surface area contributed by atoms with E-state index in [-0.39, 0.29) is 22.4 Å². The number of rotatable bonds is 7. The van der Waals surface area contributed by atoms with Crippen molar-refractivity contribution < 1.29 is 4.79 Å². The summed E-state index contributed by atoms with van der Waals surface area (Å²) < 4.78 is 1.63. The summed E-state index contributed by atoms with van der Waals surface area (Å²) in [5.74, 6) is 0.239. The van der Waals surface area contributed by atoms with Gasteiger partial charge in [-0.25, -0.2) is 9.97 Å². The van der Waals surface area contributed by atoms with Crippen LogP contribution in [0.3, 0.4) is 0 Å². The minimum Gasteiger partial charge on any atom is -0.323 e. The lowest BCUT2D eigenvalue weighted by atomic mass is 10.1. The Morgan fingerprint density at radius 2 is 2.07 bits per heavy atom. The summed E-state index contributed by atoms with van der Waals surface area (Å²) >= 11 is 13.2. The minimum atomic E-state index is -0.263. The van der Waals surface area contributed by atoms with Gasteiger partial charge in [0.05, 0.1) is 22.3 Å². The van der Waals surface area contributed by atoms with Crippen LogP contribution in [0.25, 0.3) is 10.9 Å². The van der Waals surface area contributed by atoms with Crippen LogP contribution >= 0.6 is 35.0 Å². The molecule has 0 aliphatic rings. The smallest absolute Gasteiger partial charge is 0.262 e. The average molecular weight is 451 g/mol. The molecule has 6 nitrogen and oxygen atoms in total. The molecule has 0 spiro atoms. The van der Waals surface area contributed by atoms with Gasteiger partial charge in [-0.05, 0) is 42.7 Å². The molecule has 3 rings (SSSR count). The Labute approximate surface area is 182 Å². The van der Waals surface area contributed by atoms with E-state index >= 15 is 0 Å². The third-order valence-electron chi connectivity index (χ3n) is 4.18. The van der Waals surface area contributed by atoms with Crippen LogP contribution < -0.4 is 10.9 Å². The van der Waals surface area contributed by atoms with Crippen molar-refractivity contribution in [3.05, 3.63) is 57.1 Å². The number of carbonyl (C=O) groups excluding carboxylic acids is 1. The van der Waals surface area contributed by atoms with E-state index in [4.69, 9.17) is 23.2 Å². The number of hydrogen-bond acceptors (Lipinski definition) is 5. The summed E-state index contributed by atoms with van der Waals surface area (Å²) in [5.41, 5.74) is 0.822. The Balaban J connectivity index is 1.86. The number of benzene rings is 1. The fourth-order valence-electron chi connectivity index (χ4n) is 2.66. The molecule has 0 saturated heterocycles. The molecule has 0 atom stereocenters. The van der Waals surface area contributed by atoms with E-state index in [0.29, 0.717) is 39.2 Å². The summed E-state index contributed by atoms with van der Waals surface area (Å²) in [6.07, 6.45) is 2.37. The zero-order valence-corrected chi connectivity index (χ0v) is 18.3. The van der Waals surface area contributed by atoms with E-state index < -0.39 is 0 Å². The molecule has 0 bridgehead atoms. The molecule has 0 radical (unpaired) electrons. The first kappa shape index (κ1) is 21.6. The van der Waals surface area contributed by atoms with E-state index in [2.05, 4.69) is 29.1 Å². The van der Waals surface area contributed by atoms with Crippen LogP contribution in [0.2, 0.25) is 10.2 Å². The monoisotopic (exact) mass is 450 g/mol. The first-order valence-corrected chi connectivity index (χ1v) is 10.8. The van der Waals surface area contributed by atoms with Gasteiger partial charge in [0.2, 0.25) is 5.91 Å². The van der Waals surface area contributed by atoms with Gasteiger partial charge < -0.3 is 5.32 Å². The summed E-state index contributed by atoms with van der Waals surface area (Å²) in [4.78, 5) is 33.9. The highest BCUT2D eigenvalue weighted by Gasteiger charge is 2.15. The van der Waals surface area contributed by atoms with Gasteiger partial charge in [-0.3, -0.25) is 14.2 Å². The maximum Gasteiger partial charge on any atom is 0.262 e. The molecule has 152 valence electrons. The number of amides is 1. The number of hydrogen-bond donors (Lipinski definition) is 1. The largest absolute Gasteiger partial charge is 0.323 e. The molecule has 3 aromatic rings. The van der Waals surface area contributed by atoms with E-state index in [0.717, 1.165) is 6.42 Å². The number of anilines is 1. The summed E-state index contributed by atoms with van der Waals surface area (Å²) in [6.45, 7) is 4.72. The van der Waals surface area contributed by atoms with E-state index in [1.165, 1.54) is 11.8 Å². The van der Waals surface area contributed by atoms with E-state index in [1.54, 1.807) is 41.1 Å². The molecule has 0 aliphatic carbocycles. The van der Waals surface area contributed by atoms with Crippen molar-refractivity contribution in [2.45, 2.75) is 32.0 Å². The van der Waals surface area contributed by atoms with Crippen molar-refractivity contribution in [2.24, 2.45) is 5.92 Å². The third kappa shape index (κ3) is 5.50. The summed E-state index contributed by atoms with van der Waals surface area (Å²) in [5, 5.41) is 4.44. The third-order valence-corrected chi connectivity index (χ3v) is 5.69. The Kier molecular flexibility index (Phi) is 7.16. The first-order valence-electron chi connectivity index (χ1n) is 9.08. The molecule has 0 saturated carbocycles. The molecule has 2 heterocycles. The van der Waals surface area contributed by atoms with Crippen molar-refractivity contribution >= 4 is 57.5 Å². The zero-order chi connectivity index (χ0) is 21.0. The highest BCUT2D eigenvalue weighted by atomic mass is 35.5. The second-order valence-electron chi connectivity index (χ2n) is 6.87. The first-order chi connectivity index (χ1) is 13.8. The number of nitrogens with zero attached hydrogens (tertiary/aromatic N) is 3. The van der Waals surface area contributed by atoms with Crippen LogP contribution in [0.4, 0.5) is 5.69 Å². The van der Waals surface area contributed by atoms with Crippen molar-refractivity contribution in [3.63, 3.8) is 0 Å². The van der Waals surface area contributed by atoms with Gasteiger partial charge in [-0.1, -0.05) is 48.8 Å². The van der Waals surface area contributed by atoms with Gasteiger partial charge in [0, 0.05) is 17.8 Å². The average Bonchev–Trinajstić information content (AvgIpc) is 2.67. The maximum absolute atomic E-state index is 13.0. The molecule has 0 unspecified atom stereocenters. The summed E-state index contributed by atoms with van der Waals surface area (Å²) in [6, 6.07) is 8.38. The van der Waals surface area contributed by atoms with Gasteiger partial charge in [0.25, 0.3) is 5.56 Å². The van der Waals surface area contributed by atoms with Crippen LogP contribution in [0.5, 0.6) is 0 Å². The molecule has 0 fully saturated rings. The van der Waals surface area contributed by atoms with Gasteiger partial charge in [-0.15, -0.1) is 0 Å². The number of thioether (sulfide) groups is 1. The molecular formula is C20H20Cl2N4O2S. The van der Waals surface area contributed by atoms with E-state index in [9.17, 15) is 9.59 Å². The Bertz CT molecular complexity index is 1100. The number of nitrogens with one attached hydrogen (secondary N) is 1. The predicted octanol–water partition coefficient (Wildman–Crippen LogP) is 4.88. The van der Waals surface area contributed by atoms with Crippen LogP contribution in [0, 0.1) is 5.92 Å². The van der Waals surface area contributed by atoms with Crippen LogP contribution in [0.15, 0.2) is 46.5 Å². The summed E-state index contributed by atoms with van der Waals surface area (Å²) in [7, 11) is 0. The normalized spacial score (nSPS) is 11.2. The fraction of sp³-hybridized carbons (Fsp3) is 0.300. The quantitative estimate of drug-likeness (QED) is 0.315. The lowest BCUT2D eigenvalue weighted by Gasteiger charge is -2.14. The van der Waals surface area contributed by atoms with Gasteiger partial charge in [-0.2, -0.15) is 0 Å². The standard InChI is InChI=1S/C20H20Cl2N4O2S/c1-12(2)7-9-26-19(28)14-6-5-13(21)10-16(14)25-20(26)29-11-17(27)24-15-4-3-8-23-18(15)22/h3-6,8,10,12H,7,9,11H2,1-2H3,(H,24,27). The van der Waals surface area contributed by atoms with E-state index in [1.807, 2.05) is 0 Å². The molecule has 29 heavy (non-hydrogen) atoms. The minimum absolute atomic E-state index is 0.0748. The predicted molar refractivity (Wildman–Crippen MR) is 119 cm³/mol. The van der Waals surface area contributed by atoms with Crippen LogP contribution in [-0.2, 0) is 11.3 Å². The molecule has 2 aromatic heterocycles. The second kappa shape index (κ2) is 9.61. The van der Waals surface area contributed by atoms with Crippen molar-refractivity contribution in [1.29, 1.82) is 0 Å². The van der Waals surface area contributed by atoms with Crippen molar-refractivity contribution in [1.82, 2.24) is 14.5 Å². The molecule has 9 heteroatoms. The van der Waals surface area contributed by atoms with Crippen molar-refractivity contribution in [2.75, 3.05) is 11.1 Å². The fourth-order valence-corrected chi connectivity index (χ4v) is 3.82. The van der Waals surface area contributed by atoms with Crippen LogP contribution in [0.1, 0.15) is 20.3 Å². The Hall–Kier alpha value is -2.09. The number of fused-ring (bicyclic) bond motifs is 1. The van der Waals surface area contributed by atoms with Crippen LogP contribution in [-0.4, -0.2) is 26.2 Å². The molecule has 0 aliphatic heterocycles. The van der Waals surface area contributed by atoms with Gasteiger partial charge >= 0.3 is 0 Å². The highest BCUT2D eigenvalue weighted by Crippen LogP contribution is 2.22. The molecular weight excluding hydrogens is 431 g/mol. The molecule has 1 aromatic carbocycles. The van der Waals surface area contributed by atoms with Gasteiger partial charge in [0.1, 0.15) is 0 Å². The van der Waals surface area contributed by atoms with Gasteiger partial charge in [0.15, 0.2) is 10.3 Å². The van der Waals surface area contributed by atoms with Crippen molar-refractivity contribution in [3.8, 4) is 0 Å². The Morgan fingerprint density at radius 1 is 1.28 bits per heavy atom. The zero-order valence-electron chi connectivity index (χ0n) is 16.0. The lowest BCUT2D eigenvalue weighted by molar-refractivity contribution is -0.113. The number of aromatic nitrogens is 3. The SMILES string of the molecule is CC(C)CCn1c(SCC(=O)Nc2cccnc2Cl)nc2cc(Cl)ccc2c1=O. The highest BCUT2D eigenvalue weighted by molar-refractivity contribution is 7.99. The Morgan fingerprint density at radius 3 is 2.79 bits per heavy atom. The number of pyridine rings is 1.